The standard InChI is InChI=1S/C20H27ClN4O/c1-5-24(6-2)18-14-13-17(19(23-18)25(7-3)8-4)22-20(26)15-9-11-16(21)12-10-15/h9-14H,5-8H2,1-4H3,(H,22,26)/p+1. The Morgan fingerprint density at radius 1 is 0.923 bits per heavy atom. The van der Waals surface area contributed by atoms with E-state index < -0.39 is 0 Å². The summed E-state index contributed by atoms with van der Waals surface area (Å²) in [6.07, 6.45) is 0. The average molecular weight is 376 g/mol. The van der Waals surface area contributed by atoms with E-state index >= 15 is 0 Å². The summed E-state index contributed by atoms with van der Waals surface area (Å²) >= 11 is 5.91. The molecule has 0 fully saturated rings. The Labute approximate surface area is 161 Å². The number of nitrogens with one attached hydrogen (secondary N) is 2. The van der Waals surface area contributed by atoms with Crippen LogP contribution in [0.2, 0.25) is 5.02 Å². The van der Waals surface area contributed by atoms with Crippen LogP contribution in [0.5, 0.6) is 0 Å². The second-order valence-corrected chi connectivity index (χ2v) is 6.35. The molecule has 2 rings (SSSR count). The molecule has 1 aromatic heterocycles. The number of benzene rings is 1. The highest BCUT2D eigenvalue weighted by Gasteiger charge is 2.20. The first-order chi connectivity index (χ1) is 12.5. The van der Waals surface area contributed by atoms with Gasteiger partial charge < -0.3 is 5.32 Å². The van der Waals surface area contributed by atoms with E-state index in [0.717, 1.165) is 43.5 Å². The summed E-state index contributed by atoms with van der Waals surface area (Å²) in [6, 6.07) is 10.9. The van der Waals surface area contributed by atoms with Gasteiger partial charge in [0.1, 0.15) is 5.69 Å². The van der Waals surface area contributed by atoms with E-state index in [1.54, 1.807) is 24.3 Å². The highest BCUT2D eigenvalue weighted by molar-refractivity contribution is 6.30. The van der Waals surface area contributed by atoms with E-state index in [1.807, 2.05) is 12.1 Å². The number of carbonyl (C=O) groups is 1. The van der Waals surface area contributed by atoms with Crippen molar-refractivity contribution in [2.75, 3.05) is 41.3 Å². The molecule has 1 aromatic carbocycles. The van der Waals surface area contributed by atoms with E-state index in [4.69, 9.17) is 11.6 Å². The number of aromatic nitrogens is 1. The van der Waals surface area contributed by atoms with Crippen molar-refractivity contribution >= 4 is 34.8 Å². The van der Waals surface area contributed by atoms with Gasteiger partial charge in [-0.25, -0.2) is 4.98 Å². The maximum atomic E-state index is 12.6. The predicted octanol–water partition coefficient (Wildman–Crippen LogP) is 4.10. The summed E-state index contributed by atoms with van der Waals surface area (Å²) in [6.45, 7) is 12.0. The summed E-state index contributed by atoms with van der Waals surface area (Å²) in [5.74, 6) is 1.81. The first-order valence-electron chi connectivity index (χ1n) is 9.17. The summed E-state index contributed by atoms with van der Waals surface area (Å²) in [7, 11) is 0. The molecule has 5 nitrogen and oxygen atoms in total. The number of halogens is 1. The minimum Gasteiger partial charge on any atom is -0.316 e. The molecule has 2 N–H and O–H groups in total. The van der Waals surface area contributed by atoms with Crippen LogP contribution in [0.25, 0.3) is 0 Å². The lowest BCUT2D eigenvalue weighted by atomic mass is 10.2. The molecule has 0 bridgehead atoms. The van der Waals surface area contributed by atoms with Gasteiger partial charge in [0.15, 0.2) is 0 Å². The van der Waals surface area contributed by atoms with Gasteiger partial charge in [0, 0.05) is 16.7 Å². The number of amides is 1. The van der Waals surface area contributed by atoms with Crippen LogP contribution in [0.1, 0.15) is 38.1 Å². The lowest BCUT2D eigenvalue weighted by molar-refractivity contribution is -0.349. The quantitative estimate of drug-likeness (QED) is 0.755. The Bertz CT molecular complexity index is 725. The number of anilines is 3. The molecule has 0 atom stereocenters. The normalized spacial score (nSPS) is 10.5. The van der Waals surface area contributed by atoms with Gasteiger partial charge >= 0.3 is 0 Å². The van der Waals surface area contributed by atoms with E-state index in [9.17, 15) is 4.79 Å². The van der Waals surface area contributed by atoms with Crippen molar-refractivity contribution < 1.29 is 9.78 Å². The molecule has 26 heavy (non-hydrogen) atoms. The van der Waals surface area contributed by atoms with Gasteiger partial charge in [-0.2, -0.15) is 0 Å². The van der Waals surface area contributed by atoms with E-state index in [-0.39, 0.29) is 5.91 Å². The van der Waals surface area contributed by atoms with Crippen molar-refractivity contribution in [3.05, 3.63) is 47.0 Å². The predicted molar refractivity (Wildman–Crippen MR) is 110 cm³/mol. The molecule has 0 aliphatic heterocycles. The van der Waals surface area contributed by atoms with Gasteiger partial charge in [-0.3, -0.25) is 14.6 Å². The molecule has 0 saturated carbocycles. The zero-order valence-electron chi connectivity index (χ0n) is 16.0. The third kappa shape index (κ3) is 4.67. The molecule has 0 radical (unpaired) electrons. The SMILES string of the molecule is CCN(CC)c1ccc(NC(=O)c2ccc(Cl)cc2)c(N(CC)CC)[nH+]1. The molecule has 140 valence electrons. The molecule has 0 aliphatic rings. The van der Waals surface area contributed by atoms with E-state index in [1.165, 1.54) is 0 Å². The molecule has 0 spiro atoms. The fourth-order valence-corrected chi connectivity index (χ4v) is 3.03. The third-order valence-electron chi connectivity index (χ3n) is 4.45. The molecule has 0 saturated heterocycles. The second kappa shape index (κ2) is 9.43. The molecule has 0 unspecified atom stereocenters. The van der Waals surface area contributed by atoms with Gasteiger partial charge in [-0.15, -0.1) is 0 Å². The van der Waals surface area contributed by atoms with Crippen molar-refractivity contribution in [3.8, 4) is 0 Å². The Morgan fingerprint density at radius 2 is 1.50 bits per heavy atom. The van der Waals surface area contributed by atoms with Crippen LogP contribution >= 0.6 is 11.6 Å². The Kier molecular flexibility index (Phi) is 7.27. The van der Waals surface area contributed by atoms with Crippen molar-refractivity contribution in [1.29, 1.82) is 0 Å². The summed E-state index contributed by atoms with van der Waals surface area (Å²) in [5.41, 5.74) is 1.34. The maximum absolute atomic E-state index is 12.6. The van der Waals surface area contributed by atoms with Crippen LogP contribution in [0.4, 0.5) is 17.3 Å². The second-order valence-electron chi connectivity index (χ2n) is 5.91. The van der Waals surface area contributed by atoms with E-state index in [2.05, 4.69) is 47.8 Å². The topological polar surface area (TPSA) is 49.7 Å². The number of hydrogen-bond donors (Lipinski definition) is 1. The van der Waals surface area contributed by atoms with Crippen LogP contribution < -0.4 is 20.1 Å². The molecule has 1 amide bonds. The van der Waals surface area contributed by atoms with Crippen LogP contribution in [-0.4, -0.2) is 32.1 Å². The lowest BCUT2D eigenvalue weighted by Crippen LogP contribution is -2.35. The fourth-order valence-electron chi connectivity index (χ4n) is 2.91. The highest BCUT2D eigenvalue weighted by atomic mass is 35.5. The number of carbonyl (C=O) groups excluding carboxylic acids is 1. The van der Waals surface area contributed by atoms with Crippen LogP contribution in [0.3, 0.4) is 0 Å². The Balaban J connectivity index is 2.36. The van der Waals surface area contributed by atoms with Crippen molar-refractivity contribution in [2.45, 2.75) is 27.7 Å². The fraction of sp³-hybridized carbons (Fsp3) is 0.400. The van der Waals surface area contributed by atoms with Crippen LogP contribution in [0.15, 0.2) is 36.4 Å². The maximum Gasteiger partial charge on any atom is 0.255 e. The molecular weight excluding hydrogens is 348 g/mol. The Morgan fingerprint density at radius 3 is 2.04 bits per heavy atom. The zero-order chi connectivity index (χ0) is 19.1. The summed E-state index contributed by atoms with van der Waals surface area (Å²) in [4.78, 5) is 20.6. The number of rotatable bonds is 8. The van der Waals surface area contributed by atoms with Gasteiger partial charge in [0.25, 0.3) is 5.91 Å². The number of aromatic amines is 1. The Hall–Kier alpha value is -2.27. The number of H-pyrrole nitrogens is 1. The molecule has 6 heteroatoms. The van der Waals surface area contributed by atoms with Gasteiger partial charge in [-0.05, 0) is 58.0 Å². The minimum absolute atomic E-state index is 0.154. The summed E-state index contributed by atoms with van der Waals surface area (Å²) in [5, 5.41) is 3.64. The third-order valence-corrected chi connectivity index (χ3v) is 4.70. The van der Waals surface area contributed by atoms with Gasteiger partial charge in [0.05, 0.1) is 26.2 Å². The van der Waals surface area contributed by atoms with Crippen molar-refractivity contribution in [3.63, 3.8) is 0 Å². The molecule has 2 aromatic rings. The van der Waals surface area contributed by atoms with Crippen molar-refractivity contribution in [2.24, 2.45) is 0 Å². The molecule has 1 heterocycles. The number of nitrogens with zero attached hydrogens (tertiary/aromatic N) is 2. The van der Waals surface area contributed by atoms with Crippen molar-refractivity contribution in [1.82, 2.24) is 0 Å². The number of pyridine rings is 1. The zero-order valence-corrected chi connectivity index (χ0v) is 16.7. The monoisotopic (exact) mass is 375 g/mol. The lowest BCUT2D eigenvalue weighted by Gasteiger charge is -2.22. The largest absolute Gasteiger partial charge is 0.316 e. The van der Waals surface area contributed by atoms with Crippen LogP contribution in [-0.2, 0) is 0 Å². The minimum atomic E-state index is -0.154. The first kappa shape index (κ1) is 20.0. The first-order valence-corrected chi connectivity index (χ1v) is 9.54. The van der Waals surface area contributed by atoms with E-state index in [0.29, 0.717) is 10.6 Å². The molecular formula is C20H28ClN4O+. The number of hydrogen-bond acceptors (Lipinski definition) is 3. The van der Waals surface area contributed by atoms with Gasteiger partial charge in [-0.1, -0.05) is 11.6 Å². The smallest absolute Gasteiger partial charge is 0.255 e. The van der Waals surface area contributed by atoms with Gasteiger partial charge in [0.2, 0.25) is 11.6 Å². The molecule has 0 aliphatic carbocycles. The highest BCUT2D eigenvalue weighted by Crippen LogP contribution is 2.24. The van der Waals surface area contributed by atoms with Crippen LogP contribution in [0, 0.1) is 0 Å². The summed E-state index contributed by atoms with van der Waals surface area (Å²) < 4.78 is 0. The average Bonchev–Trinajstić information content (AvgIpc) is 2.66.